The van der Waals surface area contributed by atoms with E-state index >= 15 is 0 Å². The lowest BCUT2D eigenvalue weighted by Gasteiger charge is -2.38. The molecule has 2 N–H and O–H groups in total. The van der Waals surface area contributed by atoms with E-state index in [-0.39, 0.29) is 30.4 Å². The van der Waals surface area contributed by atoms with Crippen LogP contribution in [0, 0.1) is 0 Å². The van der Waals surface area contributed by atoms with Crippen molar-refractivity contribution in [1.29, 1.82) is 0 Å². The SMILES string of the molecule is CCC(C)OC(=O)CC1C(=O)NCCN1C(=O)C1CCCC(C)N1. The van der Waals surface area contributed by atoms with Gasteiger partial charge >= 0.3 is 5.97 Å². The number of nitrogens with one attached hydrogen (secondary N) is 2. The molecule has 2 saturated heterocycles. The lowest BCUT2D eigenvalue weighted by molar-refractivity contribution is -0.155. The average molecular weight is 339 g/mol. The summed E-state index contributed by atoms with van der Waals surface area (Å²) < 4.78 is 5.27. The maximum Gasteiger partial charge on any atom is 0.308 e. The van der Waals surface area contributed by atoms with Gasteiger partial charge in [-0.3, -0.25) is 14.4 Å². The van der Waals surface area contributed by atoms with Crippen LogP contribution in [0.5, 0.6) is 0 Å². The van der Waals surface area contributed by atoms with E-state index in [1.165, 1.54) is 0 Å². The molecule has 2 rings (SSSR count). The van der Waals surface area contributed by atoms with Gasteiger partial charge in [-0.05, 0) is 39.5 Å². The smallest absolute Gasteiger partial charge is 0.308 e. The number of hydrogen-bond donors (Lipinski definition) is 2. The van der Waals surface area contributed by atoms with Gasteiger partial charge in [0.15, 0.2) is 0 Å². The summed E-state index contributed by atoms with van der Waals surface area (Å²) in [7, 11) is 0. The summed E-state index contributed by atoms with van der Waals surface area (Å²) in [5.41, 5.74) is 0. The van der Waals surface area contributed by atoms with E-state index in [4.69, 9.17) is 4.74 Å². The van der Waals surface area contributed by atoms with Crippen molar-refractivity contribution < 1.29 is 19.1 Å². The van der Waals surface area contributed by atoms with E-state index in [2.05, 4.69) is 17.6 Å². The summed E-state index contributed by atoms with van der Waals surface area (Å²) in [6.07, 6.45) is 3.25. The molecule has 2 amide bonds. The van der Waals surface area contributed by atoms with Crippen LogP contribution in [0.3, 0.4) is 0 Å². The number of rotatable bonds is 5. The highest BCUT2D eigenvalue weighted by atomic mass is 16.5. The topological polar surface area (TPSA) is 87.7 Å². The first-order valence-electron chi connectivity index (χ1n) is 8.96. The zero-order chi connectivity index (χ0) is 17.7. The summed E-state index contributed by atoms with van der Waals surface area (Å²) >= 11 is 0. The van der Waals surface area contributed by atoms with E-state index in [0.717, 1.165) is 25.7 Å². The van der Waals surface area contributed by atoms with E-state index in [1.54, 1.807) is 4.90 Å². The molecule has 2 aliphatic rings. The Labute approximate surface area is 143 Å². The Kier molecular flexibility index (Phi) is 6.60. The molecule has 0 aliphatic carbocycles. The molecule has 2 heterocycles. The van der Waals surface area contributed by atoms with Crippen molar-refractivity contribution in [3.05, 3.63) is 0 Å². The van der Waals surface area contributed by atoms with Gasteiger partial charge < -0.3 is 20.3 Å². The molecule has 0 aromatic rings. The lowest BCUT2D eigenvalue weighted by atomic mass is 9.97. The van der Waals surface area contributed by atoms with Crippen molar-refractivity contribution in [2.24, 2.45) is 0 Å². The first-order chi connectivity index (χ1) is 11.4. The highest BCUT2D eigenvalue weighted by Crippen LogP contribution is 2.18. The summed E-state index contributed by atoms with van der Waals surface area (Å²) in [5, 5.41) is 6.04. The standard InChI is InChI=1S/C17H29N3O4/c1-4-12(3)24-15(21)10-14-16(22)18-8-9-20(14)17(23)13-7-5-6-11(2)19-13/h11-14,19H,4-10H2,1-3H3,(H,18,22). The van der Waals surface area contributed by atoms with Crippen molar-refractivity contribution >= 4 is 17.8 Å². The number of carbonyl (C=O) groups is 3. The summed E-state index contributed by atoms with van der Waals surface area (Å²) in [5.74, 6) is -0.800. The molecule has 2 aliphatic heterocycles. The van der Waals surface area contributed by atoms with Gasteiger partial charge in [0, 0.05) is 19.1 Å². The number of hydrogen-bond acceptors (Lipinski definition) is 5. The van der Waals surface area contributed by atoms with Crippen LogP contribution in [0.2, 0.25) is 0 Å². The zero-order valence-electron chi connectivity index (χ0n) is 14.8. The quantitative estimate of drug-likeness (QED) is 0.715. The monoisotopic (exact) mass is 339 g/mol. The number of esters is 1. The first kappa shape index (κ1) is 18.7. The highest BCUT2D eigenvalue weighted by molar-refractivity contribution is 5.93. The van der Waals surface area contributed by atoms with Gasteiger partial charge in [-0.1, -0.05) is 6.92 Å². The van der Waals surface area contributed by atoms with Gasteiger partial charge in [0.25, 0.3) is 0 Å². The van der Waals surface area contributed by atoms with Crippen LogP contribution in [-0.2, 0) is 19.1 Å². The van der Waals surface area contributed by atoms with Gasteiger partial charge in [-0.25, -0.2) is 0 Å². The van der Waals surface area contributed by atoms with Crippen molar-refractivity contribution in [2.45, 2.75) is 77.1 Å². The second-order valence-electron chi connectivity index (χ2n) is 6.80. The summed E-state index contributed by atoms with van der Waals surface area (Å²) in [6, 6.07) is -0.755. The van der Waals surface area contributed by atoms with Crippen LogP contribution < -0.4 is 10.6 Å². The van der Waals surface area contributed by atoms with Crippen molar-refractivity contribution in [2.75, 3.05) is 13.1 Å². The molecular weight excluding hydrogens is 310 g/mol. The van der Waals surface area contributed by atoms with E-state index < -0.39 is 12.0 Å². The molecule has 0 aromatic heterocycles. The molecule has 7 heteroatoms. The third-order valence-electron chi connectivity index (χ3n) is 4.80. The number of nitrogens with zero attached hydrogens (tertiary/aromatic N) is 1. The molecule has 7 nitrogen and oxygen atoms in total. The molecule has 4 atom stereocenters. The lowest BCUT2D eigenvalue weighted by Crippen LogP contribution is -2.62. The highest BCUT2D eigenvalue weighted by Gasteiger charge is 2.38. The number of carbonyl (C=O) groups excluding carboxylic acids is 3. The molecule has 0 radical (unpaired) electrons. The maximum atomic E-state index is 12.8. The largest absolute Gasteiger partial charge is 0.463 e. The molecule has 136 valence electrons. The third kappa shape index (κ3) is 4.69. The molecule has 0 spiro atoms. The Morgan fingerprint density at radius 1 is 1.38 bits per heavy atom. The minimum atomic E-state index is -0.776. The summed E-state index contributed by atoms with van der Waals surface area (Å²) in [4.78, 5) is 38.7. The van der Waals surface area contributed by atoms with Crippen LogP contribution >= 0.6 is 0 Å². The number of amides is 2. The predicted molar refractivity (Wildman–Crippen MR) is 89.2 cm³/mol. The Morgan fingerprint density at radius 3 is 2.79 bits per heavy atom. The van der Waals surface area contributed by atoms with Gasteiger partial charge in [-0.15, -0.1) is 0 Å². The Balaban J connectivity index is 2.03. The van der Waals surface area contributed by atoms with Crippen molar-refractivity contribution in [1.82, 2.24) is 15.5 Å². The van der Waals surface area contributed by atoms with Crippen LogP contribution in [-0.4, -0.2) is 60.0 Å². The zero-order valence-corrected chi connectivity index (χ0v) is 14.8. The molecular formula is C17H29N3O4. The number of piperidine rings is 1. The van der Waals surface area contributed by atoms with Crippen molar-refractivity contribution in [3.8, 4) is 0 Å². The predicted octanol–water partition coefficient (Wildman–Crippen LogP) is 0.576. The van der Waals surface area contributed by atoms with E-state index in [9.17, 15) is 14.4 Å². The molecule has 2 fully saturated rings. The van der Waals surface area contributed by atoms with Crippen LogP contribution in [0.4, 0.5) is 0 Å². The second kappa shape index (κ2) is 8.46. The fourth-order valence-electron chi connectivity index (χ4n) is 3.23. The Bertz CT molecular complexity index is 482. The normalized spacial score (nSPS) is 28.9. The van der Waals surface area contributed by atoms with Crippen molar-refractivity contribution in [3.63, 3.8) is 0 Å². The second-order valence-corrected chi connectivity index (χ2v) is 6.80. The van der Waals surface area contributed by atoms with Gasteiger partial charge in [0.05, 0.1) is 18.6 Å². The van der Waals surface area contributed by atoms with E-state index in [1.807, 2.05) is 13.8 Å². The number of ether oxygens (including phenoxy) is 1. The molecule has 0 saturated carbocycles. The van der Waals surface area contributed by atoms with Gasteiger partial charge in [0.2, 0.25) is 11.8 Å². The maximum absolute atomic E-state index is 12.8. The average Bonchev–Trinajstić information content (AvgIpc) is 2.56. The summed E-state index contributed by atoms with van der Waals surface area (Å²) in [6.45, 7) is 6.65. The minimum Gasteiger partial charge on any atom is -0.463 e. The van der Waals surface area contributed by atoms with E-state index in [0.29, 0.717) is 19.1 Å². The molecule has 24 heavy (non-hydrogen) atoms. The van der Waals surface area contributed by atoms with Crippen LogP contribution in [0.1, 0.15) is 52.9 Å². The minimum absolute atomic E-state index is 0.0854. The van der Waals surface area contributed by atoms with Crippen LogP contribution in [0.15, 0.2) is 0 Å². The molecule has 0 bridgehead atoms. The Hall–Kier alpha value is -1.63. The Morgan fingerprint density at radius 2 is 2.12 bits per heavy atom. The number of piperazine rings is 1. The fraction of sp³-hybridized carbons (Fsp3) is 0.824. The van der Waals surface area contributed by atoms with Gasteiger partial charge in [-0.2, -0.15) is 0 Å². The van der Waals surface area contributed by atoms with Crippen LogP contribution in [0.25, 0.3) is 0 Å². The fourth-order valence-corrected chi connectivity index (χ4v) is 3.23. The first-order valence-corrected chi connectivity index (χ1v) is 8.96. The molecule has 4 unspecified atom stereocenters. The molecule has 0 aromatic carbocycles. The third-order valence-corrected chi connectivity index (χ3v) is 4.80. The van der Waals surface area contributed by atoms with Gasteiger partial charge in [0.1, 0.15) is 6.04 Å².